The molecule has 0 unspecified atom stereocenters. The zero-order valence-electron chi connectivity index (χ0n) is 17.2. The van der Waals surface area contributed by atoms with Gasteiger partial charge in [0.2, 0.25) is 5.91 Å². The van der Waals surface area contributed by atoms with Crippen LogP contribution in [0.3, 0.4) is 0 Å². The van der Waals surface area contributed by atoms with Gasteiger partial charge >= 0.3 is 5.97 Å². The van der Waals surface area contributed by atoms with Crippen LogP contribution in [0.2, 0.25) is 0 Å². The summed E-state index contributed by atoms with van der Waals surface area (Å²) < 4.78 is 4.99. The van der Waals surface area contributed by atoms with Crippen LogP contribution in [0.5, 0.6) is 0 Å². The van der Waals surface area contributed by atoms with Crippen molar-refractivity contribution in [2.24, 2.45) is 0 Å². The minimum absolute atomic E-state index is 0.225. The van der Waals surface area contributed by atoms with Crippen molar-refractivity contribution >= 4 is 39.8 Å². The summed E-state index contributed by atoms with van der Waals surface area (Å²) in [5, 5.41) is 7.72. The molecule has 0 bridgehead atoms. The van der Waals surface area contributed by atoms with E-state index in [0.29, 0.717) is 21.8 Å². The molecule has 0 aliphatic rings. The topological polar surface area (TPSA) is 84.5 Å². The molecule has 1 heterocycles. The van der Waals surface area contributed by atoms with Crippen molar-refractivity contribution in [3.05, 3.63) is 70.1 Å². The number of hydrogen-bond donors (Lipinski definition) is 2. The standard InChI is InChI=1S/C23H22N2O4S/c1-13-8-9-14(2)18(10-13)19-12-30-22(20(19)23(28)29-4)25-21(27)16-6-5-7-17(11-16)24-15(3)26/h5-12H,1-4H3,(H,24,26)(H,25,27). The summed E-state index contributed by atoms with van der Waals surface area (Å²) in [6.45, 7) is 5.35. The smallest absolute Gasteiger partial charge is 0.341 e. The molecule has 0 atom stereocenters. The van der Waals surface area contributed by atoms with Crippen molar-refractivity contribution in [2.45, 2.75) is 20.8 Å². The van der Waals surface area contributed by atoms with Gasteiger partial charge in [-0.25, -0.2) is 4.79 Å². The summed E-state index contributed by atoms with van der Waals surface area (Å²) in [6, 6.07) is 12.6. The van der Waals surface area contributed by atoms with E-state index in [-0.39, 0.29) is 11.8 Å². The van der Waals surface area contributed by atoms with Gasteiger partial charge in [0, 0.05) is 29.1 Å². The number of rotatable bonds is 5. The number of nitrogens with one attached hydrogen (secondary N) is 2. The number of thiophene rings is 1. The number of amides is 2. The maximum absolute atomic E-state index is 12.8. The van der Waals surface area contributed by atoms with E-state index >= 15 is 0 Å². The third-order valence-electron chi connectivity index (χ3n) is 4.54. The number of methoxy groups -OCH3 is 1. The average molecular weight is 423 g/mol. The van der Waals surface area contributed by atoms with Gasteiger partial charge in [-0.3, -0.25) is 9.59 Å². The fraction of sp³-hybridized carbons (Fsp3) is 0.174. The molecule has 1 aromatic heterocycles. The van der Waals surface area contributed by atoms with E-state index in [0.717, 1.165) is 22.3 Å². The van der Waals surface area contributed by atoms with Crippen LogP contribution in [0, 0.1) is 13.8 Å². The SMILES string of the molecule is COC(=O)c1c(-c2cc(C)ccc2C)csc1NC(=O)c1cccc(NC(C)=O)c1. The van der Waals surface area contributed by atoms with Crippen LogP contribution in [0.25, 0.3) is 11.1 Å². The Morgan fingerprint density at radius 1 is 0.967 bits per heavy atom. The van der Waals surface area contributed by atoms with Crippen molar-refractivity contribution in [1.82, 2.24) is 0 Å². The van der Waals surface area contributed by atoms with Crippen molar-refractivity contribution in [2.75, 3.05) is 17.7 Å². The second kappa shape index (κ2) is 8.92. The van der Waals surface area contributed by atoms with Gasteiger partial charge in [-0.2, -0.15) is 0 Å². The number of ether oxygens (including phenoxy) is 1. The fourth-order valence-corrected chi connectivity index (χ4v) is 4.04. The Bertz CT molecular complexity index is 1130. The van der Waals surface area contributed by atoms with Crippen molar-refractivity contribution in [3.8, 4) is 11.1 Å². The molecule has 2 N–H and O–H groups in total. The van der Waals surface area contributed by atoms with E-state index in [1.54, 1.807) is 24.3 Å². The normalized spacial score (nSPS) is 10.4. The lowest BCUT2D eigenvalue weighted by Crippen LogP contribution is -2.15. The van der Waals surface area contributed by atoms with E-state index in [4.69, 9.17) is 4.74 Å². The monoisotopic (exact) mass is 422 g/mol. The summed E-state index contributed by atoms with van der Waals surface area (Å²) in [7, 11) is 1.31. The highest BCUT2D eigenvalue weighted by atomic mass is 32.1. The lowest BCUT2D eigenvalue weighted by molar-refractivity contribution is -0.114. The van der Waals surface area contributed by atoms with Gasteiger partial charge in [-0.1, -0.05) is 29.8 Å². The molecule has 0 aliphatic carbocycles. The summed E-state index contributed by atoms with van der Waals surface area (Å²) in [5.74, 6) is -1.13. The number of aryl methyl sites for hydroxylation is 2. The van der Waals surface area contributed by atoms with Gasteiger partial charge in [-0.15, -0.1) is 11.3 Å². The Kier molecular flexibility index (Phi) is 6.32. The van der Waals surface area contributed by atoms with Crippen LogP contribution in [0.1, 0.15) is 38.8 Å². The second-order valence-electron chi connectivity index (χ2n) is 6.88. The van der Waals surface area contributed by atoms with Crippen molar-refractivity contribution < 1.29 is 19.1 Å². The summed E-state index contributed by atoms with van der Waals surface area (Å²) in [5.41, 5.74) is 4.92. The van der Waals surface area contributed by atoms with Gasteiger partial charge < -0.3 is 15.4 Å². The maximum Gasteiger partial charge on any atom is 0.341 e. The Morgan fingerprint density at radius 2 is 1.73 bits per heavy atom. The predicted molar refractivity (Wildman–Crippen MR) is 119 cm³/mol. The molecular weight excluding hydrogens is 400 g/mol. The lowest BCUT2D eigenvalue weighted by atomic mass is 9.97. The molecule has 6 nitrogen and oxygen atoms in total. The van der Waals surface area contributed by atoms with Crippen LogP contribution in [-0.2, 0) is 9.53 Å². The Balaban J connectivity index is 1.98. The highest BCUT2D eigenvalue weighted by Gasteiger charge is 2.23. The van der Waals surface area contributed by atoms with Crippen molar-refractivity contribution in [3.63, 3.8) is 0 Å². The molecule has 7 heteroatoms. The zero-order chi connectivity index (χ0) is 21.8. The second-order valence-corrected chi connectivity index (χ2v) is 7.76. The lowest BCUT2D eigenvalue weighted by Gasteiger charge is -2.11. The summed E-state index contributed by atoms with van der Waals surface area (Å²) in [4.78, 5) is 36.6. The van der Waals surface area contributed by atoms with E-state index < -0.39 is 5.97 Å². The number of benzene rings is 2. The zero-order valence-corrected chi connectivity index (χ0v) is 18.0. The molecular formula is C23H22N2O4S. The minimum Gasteiger partial charge on any atom is -0.465 e. The van der Waals surface area contributed by atoms with Crippen LogP contribution in [0.15, 0.2) is 47.8 Å². The number of carbonyl (C=O) groups excluding carboxylic acids is 3. The van der Waals surface area contributed by atoms with Gasteiger partial charge in [0.25, 0.3) is 5.91 Å². The first kappa shape index (κ1) is 21.3. The van der Waals surface area contributed by atoms with Gasteiger partial charge in [0.1, 0.15) is 10.6 Å². The minimum atomic E-state index is -0.519. The predicted octanol–water partition coefficient (Wildman–Crippen LogP) is 5.03. The molecule has 0 fully saturated rings. The molecule has 30 heavy (non-hydrogen) atoms. The number of anilines is 2. The molecule has 2 amide bonds. The molecule has 2 aromatic carbocycles. The van der Waals surface area contributed by atoms with Crippen LogP contribution < -0.4 is 10.6 Å². The molecule has 0 aliphatic heterocycles. The van der Waals surface area contributed by atoms with Gasteiger partial charge in [0.05, 0.1) is 7.11 Å². The third kappa shape index (κ3) is 4.58. The molecule has 154 valence electrons. The number of hydrogen-bond acceptors (Lipinski definition) is 5. The van der Waals surface area contributed by atoms with E-state index in [2.05, 4.69) is 10.6 Å². The third-order valence-corrected chi connectivity index (χ3v) is 5.43. The number of esters is 1. The highest BCUT2D eigenvalue weighted by Crippen LogP contribution is 2.38. The Morgan fingerprint density at radius 3 is 2.43 bits per heavy atom. The molecule has 3 rings (SSSR count). The molecule has 0 spiro atoms. The number of carbonyl (C=O) groups is 3. The summed E-state index contributed by atoms with van der Waals surface area (Å²) >= 11 is 1.26. The van der Waals surface area contributed by atoms with E-state index in [1.807, 2.05) is 37.4 Å². The highest BCUT2D eigenvalue weighted by molar-refractivity contribution is 7.15. The van der Waals surface area contributed by atoms with E-state index in [9.17, 15) is 14.4 Å². The fourth-order valence-electron chi connectivity index (χ4n) is 3.10. The maximum atomic E-state index is 12.8. The van der Waals surface area contributed by atoms with Crippen LogP contribution >= 0.6 is 11.3 Å². The quantitative estimate of drug-likeness (QED) is 0.565. The van der Waals surface area contributed by atoms with Crippen LogP contribution in [0.4, 0.5) is 10.7 Å². The molecule has 0 saturated carbocycles. The van der Waals surface area contributed by atoms with Crippen molar-refractivity contribution in [1.29, 1.82) is 0 Å². The first-order valence-electron chi connectivity index (χ1n) is 9.26. The van der Waals surface area contributed by atoms with Gasteiger partial charge in [0.15, 0.2) is 0 Å². The molecule has 0 saturated heterocycles. The Hall–Kier alpha value is -3.45. The van der Waals surface area contributed by atoms with Gasteiger partial charge in [-0.05, 0) is 43.2 Å². The van der Waals surface area contributed by atoms with E-state index in [1.165, 1.54) is 25.4 Å². The average Bonchev–Trinajstić information content (AvgIpc) is 3.12. The largest absolute Gasteiger partial charge is 0.465 e. The Labute approximate surface area is 178 Å². The first-order valence-corrected chi connectivity index (χ1v) is 10.1. The van der Waals surface area contributed by atoms with Crippen LogP contribution in [-0.4, -0.2) is 24.9 Å². The molecule has 3 aromatic rings. The molecule has 0 radical (unpaired) electrons. The summed E-state index contributed by atoms with van der Waals surface area (Å²) in [6.07, 6.45) is 0. The first-order chi connectivity index (χ1) is 14.3.